The number of benzene rings is 2. The molecule has 2 aromatic carbocycles. The highest BCUT2D eigenvalue weighted by atomic mass is 35.5. The van der Waals surface area contributed by atoms with Crippen LogP contribution in [0.4, 0.5) is 16.2 Å². The molecule has 0 atom stereocenters. The number of nitro benzene ring substituents is 1. The summed E-state index contributed by atoms with van der Waals surface area (Å²) in [7, 11) is -4.43. The van der Waals surface area contributed by atoms with Crippen LogP contribution in [0, 0.1) is 10.1 Å². The van der Waals surface area contributed by atoms with Crippen molar-refractivity contribution >= 4 is 56.4 Å². The molecule has 0 spiro atoms. The zero-order valence-corrected chi connectivity index (χ0v) is 16.2. The molecular weight excluding hydrogens is 434 g/mol. The van der Waals surface area contributed by atoms with Crippen LogP contribution in [0.1, 0.15) is 0 Å². The van der Waals surface area contributed by atoms with E-state index in [1.165, 1.54) is 24.3 Å². The molecule has 2 rings (SSSR count). The molecule has 0 unspecified atom stereocenters. The Balaban J connectivity index is 2.48. The lowest BCUT2D eigenvalue weighted by Gasteiger charge is -2.18. The van der Waals surface area contributed by atoms with Crippen LogP contribution in [-0.4, -0.2) is 36.1 Å². The first kappa shape index (κ1) is 21.3. The Labute approximate surface area is 169 Å². The zero-order chi connectivity index (χ0) is 21.1. The Morgan fingerprint density at radius 3 is 2.39 bits per heavy atom. The summed E-state index contributed by atoms with van der Waals surface area (Å²) >= 11 is 10.4. The largest absolute Gasteiger partial charge is 0.465 e. The van der Waals surface area contributed by atoms with Crippen LogP contribution in [-0.2, 0) is 10.1 Å². The van der Waals surface area contributed by atoms with Crippen LogP contribution in [0.15, 0.2) is 47.4 Å². The van der Waals surface area contributed by atoms with Gasteiger partial charge in [0, 0.05) is 11.1 Å². The lowest BCUT2D eigenvalue weighted by atomic mass is 10.2. The van der Waals surface area contributed by atoms with E-state index < -0.39 is 43.9 Å². The second kappa shape index (κ2) is 8.37. The number of nitro groups is 1. The number of thiocarbonyl (C=S) groups is 1. The Kier molecular flexibility index (Phi) is 6.38. The van der Waals surface area contributed by atoms with Crippen molar-refractivity contribution in [3.05, 3.63) is 57.6 Å². The highest BCUT2D eigenvalue weighted by Gasteiger charge is 2.28. The van der Waals surface area contributed by atoms with Gasteiger partial charge < -0.3 is 15.0 Å². The summed E-state index contributed by atoms with van der Waals surface area (Å²) in [6, 6.07) is 8.03. The molecule has 0 saturated carbocycles. The maximum atomic E-state index is 12.4. The van der Waals surface area contributed by atoms with Gasteiger partial charge in [0.05, 0.1) is 16.5 Å². The molecule has 0 bridgehead atoms. The minimum absolute atomic E-state index is 0.0585. The lowest BCUT2D eigenvalue weighted by molar-refractivity contribution is -0.384. The van der Waals surface area contributed by atoms with Crippen molar-refractivity contribution in [1.82, 2.24) is 0 Å². The molecule has 0 aliphatic carbocycles. The molecule has 0 radical (unpaired) electrons. The van der Waals surface area contributed by atoms with Gasteiger partial charge in [-0.05, 0) is 36.4 Å². The van der Waals surface area contributed by atoms with Crippen molar-refractivity contribution in [2.24, 2.45) is 5.73 Å². The fourth-order valence-corrected chi connectivity index (χ4v) is 3.32. The van der Waals surface area contributed by atoms with E-state index in [9.17, 15) is 28.4 Å². The smallest absolute Gasteiger partial charge is 0.412 e. The number of nitrogens with zero attached hydrogens (tertiary/aromatic N) is 2. The highest BCUT2D eigenvalue weighted by molar-refractivity contribution is 7.87. The van der Waals surface area contributed by atoms with Crippen LogP contribution in [0.5, 0.6) is 5.75 Å². The molecule has 0 aromatic heterocycles. The predicted octanol–water partition coefficient (Wildman–Crippen LogP) is 2.79. The molecule has 0 saturated heterocycles. The van der Waals surface area contributed by atoms with Gasteiger partial charge in [0.15, 0.2) is 0 Å². The molecule has 13 heteroatoms. The number of hydrogen-bond acceptors (Lipinski definition) is 7. The summed E-state index contributed by atoms with van der Waals surface area (Å²) in [5, 5.41) is 21.0. The molecule has 3 N–H and O–H groups in total. The van der Waals surface area contributed by atoms with Gasteiger partial charge in [-0.15, -0.1) is 0 Å². The summed E-state index contributed by atoms with van der Waals surface area (Å²) in [6.45, 7) is -0.487. The molecular formula is C15H12ClN3O7S2. The molecule has 148 valence electrons. The predicted molar refractivity (Wildman–Crippen MR) is 105 cm³/mol. The normalized spacial score (nSPS) is 10.9. The first-order valence-electron chi connectivity index (χ1n) is 7.28. The molecule has 2 aromatic rings. The van der Waals surface area contributed by atoms with Gasteiger partial charge in [-0.1, -0.05) is 23.8 Å². The van der Waals surface area contributed by atoms with Gasteiger partial charge in [-0.3, -0.25) is 15.0 Å². The van der Waals surface area contributed by atoms with Gasteiger partial charge in [-0.2, -0.15) is 8.42 Å². The van der Waals surface area contributed by atoms with Crippen molar-refractivity contribution in [2.75, 3.05) is 11.4 Å². The van der Waals surface area contributed by atoms with Gasteiger partial charge in [0.25, 0.3) is 5.69 Å². The molecule has 1 amide bonds. The van der Waals surface area contributed by atoms with Crippen molar-refractivity contribution in [3.8, 4) is 5.75 Å². The van der Waals surface area contributed by atoms with Crippen molar-refractivity contribution < 1.29 is 27.4 Å². The van der Waals surface area contributed by atoms with Crippen LogP contribution in [0.25, 0.3) is 0 Å². The van der Waals surface area contributed by atoms with Crippen LogP contribution < -0.4 is 14.8 Å². The van der Waals surface area contributed by atoms with Crippen molar-refractivity contribution in [2.45, 2.75) is 4.90 Å². The van der Waals surface area contributed by atoms with E-state index in [-0.39, 0.29) is 10.7 Å². The maximum absolute atomic E-state index is 12.4. The quantitative estimate of drug-likeness (QED) is 0.283. The lowest BCUT2D eigenvalue weighted by Crippen LogP contribution is -2.37. The number of anilines is 1. The fourth-order valence-electron chi connectivity index (χ4n) is 2.11. The minimum Gasteiger partial charge on any atom is -0.465 e. The molecule has 28 heavy (non-hydrogen) atoms. The first-order chi connectivity index (χ1) is 13.0. The Hall–Kier alpha value is -2.96. The fraction of sp³-hybridized carbons (Fsp3) is 0.0667. The molecule has 0 aliphatic rings. The van der Waals surface area contributed by atoms with Crippen LogP contribution in [0.3, 0.4) is 0 Å². The third-order valence-electron chi connectivity index (χ3n) is 3.29. The second-order valence-corrected chi connectivity index (χ2v) is 7.74. The van der Waals surface area contributed by atoms with Crippen LogP contribution in [0.2, 0.25) is 5.02 Å². The number of nitrogens with two attached hydrogens (primary N) is 1. The maximum Gasteiger partial charge on any atom is 0.412 e. The number of rotatable bonds is 7. The summed E-state index contributed by atoms with van der Waals surface area (Å²) < 4.78 is 29.7. The summed E-state index contributed by atoms with van der Waals surface area (Å²) in [5.74, 6) is -0.0585. The average molecular weight is 446 g/mol. The van der Waals surface area contributed by atoms with Crippen molar-refractivity contribution in [3.63, 3.8) is 0 Å². The third kappa shape index (κ3) is 5.06. The third-order valence-corrected chi connectivity index (χ3v) is 4.91. The monoisotopic (exact) mass is 445 g/mol. The Morgan fingerprint density at radius 1 is 1.29 bits per heavy atom. The summed E-state index contributed by atoms with van der Waals surface area (Å²) in [4.78, 5) is 21.6. The van der Waals surface area contributed by atoms with E-state index >= 15 is 0 Å². The van der Waals surface area contributed by atoms with E-state index in [2.05, 4.69) is 12.2 Å². The number of carbonyl (C=O) groups is 1. The number of amides is 1. The number of carboxylic acid groups (broad SMARTS) is 1. The van der Waals surface area contributed by atoms with Gasteiger partial charge >= 0.3 is 16.2 Å². The molecule has 0 fully saturated rings. The Morgan fingerprint density at radius 2 is 1.89 bits per heavy atom. The molecule has 0 heterocycles. The number of halogens is 1. The van der Waals surface area contributed by atoms with E-state index in [0.29, 0.717) is 16.0 Å². The zero-order valence-electron chi connectivity index (χ0n) is 13.8. The van der Waals surface area contributed by atoms with Gasteiger partial charge in [-0.25, -0.2) is 4.79 Å². The van der Waals surface area contributed by atoms with Gasteiger partial charge in [0.2, 0.25) is 0 Å². The summed E-state index contributed by atoms with van der Waals surface area (Å²) in [5.41, 5.74) is 4.15. The average Bonchev–Trinajstić information content (AvgIpc) is 2.60. The van der Waals surface area contributed by atoms with E-state index in [0.717, 1.165) is 12.1 Å². The Bertz CT molecular complexity index is 1040. The highest BCUT2D eigenvalue weighted by Crippen LogP contribution is 2.32. The topological polar surface area (TPSA) is 153 Å². The van der Waals surface area contributed by atoms with E-state index in [4.69, 9.17) is 21.5 Å². The first-order valence-corrected chi connectivity index (χ1v) is 9.48. The van der Waals surface area contributed by atoms with Crippen molar-refractivity contribution in [1.29, 1.82) is 0 Å². The van der Waals surface area contributed by atoms with E-state index in [1.54, 1.807) is 0 Å². The standard InChI is InChI=1S/C15H12ClN3O7S2/c16-9-1-3-10(4-2-9)26-28(24,25)11-5-6-12(13(7-11)19(22)23)18(15(20)21)8-14(17)27/h1-7H,8H2,(H2,17,27)(H,20,21). The number of hydrogen-bond donors (Lipinski definition) is 2. The van der Waals surface area contributed by atoms with E-state index in [1.807, 2.05) is 0 Å². The van der Waals surface area contributed by atoms with Gasteiger partial charge in [0.1, 0.15) is 16.3 Å². The summed E-state index contributed by atoms with van der Waals surface area (Å²) in [6.07, 6.45) is -1.55. The minimum atomic E-state index is -4.43. The SMILES string of the molecule is NC(=S)CN(C(=O)O)c1ccc(S(=O)(=O)Oc2ccc(Cl)cc2)cc1[N+](=O)[O-]. The van der Waals surface area contributed by atoms with Crippen LogP contribution >= 0.6 is 23.8 Å². The molecule has 10 nitrogen and oxygen atoms in total. The second-order valence-electron chi connectivity index (χ2n) is 5.23. The molecule has 0 aliphatic heterocycles.